The number of hydrogen-bond donors (Lipinski definition) is 0. The van der Waals surface area contributed by atoms with E-state index in [-0.39, 0.29) is 0 Å². The summed E-state index contributed by atoms with van der Waals surface area (Å²) >= 11 is 0. The monoisotopic (exact) mass is 153 g/mol. The first-order chi connectivity index (χ1) is 5.41. The highest BCUT2D eigenvalue weighted by atomic mass is 15.1. The van der Waals surface area contributed by atoms with E-state index < -0.39 is 0 Å². The summed E-state index contributed by atoms with van der Waals surface area (Å²) in [6.07, 6.45) is 8.67. The van der Waals surface area contributed by atoms with E-state index in [0.717, 1.165) is 25.7 Å². The maximum Gasteiger partial charge on any atom is 0.0258 e. The lowest BCUT2D eigenvalue weighted by Gasteiger charge is -1.90. The molecule has 62 valence electrons. The molecule has 0 aliphatic carbocycles. The van der Waals surface area contributed by atoms with Crippen LogP contribution in [0, 0.1) is 0 Å². The Labute approximate surface area is 67.7 Å². The first kappa shape index (κ1) is 10.0. The Kier molecular flexibility index (Phi) is 8.27. The molecular weight excluding hydrogens is 138 g/mol. The van der Waals surface area contributed by atoms with Gasteiger partial charge in [-0.2, -0.15) is 0 Å². The summed E-state index contributed by atoms with van der Waals surface area (Å²) in [7, 11) is 0. The normalized spacial score (nSPS) is 9.91. The van der Waals surface area contributed by atoms with Crippen molar-refractivity contribution in [2.45, 2.75) is 32.6 Å². The van der Waals surface area contributed by atoms with Gasteiger partial charge in [0, 0.05) is 11.5 Å². The molecule has 0 fully saturated rings. The second kappa shape index (κ2) is 9.05. The molecule has 0 N–H and O–H groups in total. The third-order valence-electron chi connectivity index (χ3n) is 1.34. The Morgan fingerprint density at radius 3 is 2.82 bits per heavy atom. The summed E-state index contributed by atoms with van der Waals surface area (Å²) in [5.74, 6) is 0. The Morgan fingerprint density at radius 1 is 1.36 bits per heavy atom. The molecule has 0 heterocycles. The molecule has 0 aliphatic heterocycles. The fourth-order valence-corrected chi connectivity index (χ4v) is 0.774. The Morgan fingerprint density at radius 2 is 2.18 bits per heavy atom. The van der Waals surface area contributed by atoms with Crippen molar-refractivity contribution in [1.82, 2.24) is 0 Å². The van der Waals surface area contributed by atoms with E-state index in [9.17, 15) is 0 Å². The molecule has 0 saturated carbocycles. The molecule has 0 spiro atoms. The number of allylic oxidation sites excluding steroid dienone is 2. The van der Waals surface area contributed by atoms with Crippen molar-refractivity contribution < 1.29 is 0 Å². The lowest BCUT2D eigenvalue weighted by molar-refractivity contribution is 0.754. The van der Waals surface area contributed by atoms with E-state index in [0.29, 0.717) is 6.54 Å². The van der Waals surface area contributed by atoms with Crippen LogP contribution >= 0.6 is 0 Å². The largest absolute Gasteiger partial charge is 0.0940 e. The van der Waals surface area contributed by atoms with Gasteiger partial charge in [-0.15, -0.1) is 0 Å². The predicted octanol–water partition coefficient (Wildman–Crippen LogP) is 3.43. The lowest BCUT2D eigenvalue weighted by Crippen LogP contribution is -1.77. The molecule has 0 amide bonds. The van der Waals surface area contributed by atoms with Crippen molar-refractivity contribution >= 4 is 0 Å². The van der Waals surface area contributed by atoms with E-state index in [1.54, 1.807) is 0 Å². The van der Waals surface area contributed by atoms with Gasteiger partial charge in [0.2, 0.25) is 0 Å². The second-order valence-electron chi connectivity index (χ2n) is 2.33. The summed E-state index contributed by atoms with van der Waals surface area (Å²) in [5, 5.41) is 3.45. The zero-order chi connectivity index (χ0) is 8.36. The number of nitrogens with zero attached hydrogens (tertiary/aromatic N) is 3. The summed E-state index contributed by atoms with van der Waals surface area (Å²) in [5.41, 5.74) is 7.95. The molecule has 11 heavy (non-hydrogen) atoms. The maximum atomic E-state index is 7.95. The molecule has 0 atom stereocenters. The standard InChI is InChI=1S/C8H15N3/c1-2-3-4-5-6-7-8-10-11-9/h3-4H,2,5-8H2,1H3/b4-3-. The van der Waals surface area contributed by atoms with Crippen LogP contribution in [0.25, 0.3) is 10.4 Å². The van der Waals surface area contributed by atoms with Crippen molar-refractivity contribution in [2.24, 2.45) is 5.11 Å². The topological polar surface area (TPSA) is 48.8 Å². The van der Waals surface area contributed by atoms with Crippen molar-refractivity contribution in [2.75, 3.05) is 6.54 Å². The molecule has 0 unspecified atom stereocenters. The minimum Gasteiger partial charge on any atom is -0.0940 e. The Balaban J connectivity index is 3.02. The summed E-state index contributed by atoms with van der Waals surface area (Å²) in [4.78, 5) is 2.68. The molecule has 0 bridgehead atoms. The molecule has 0 aliphatic rings. The molecule has 3 heteroatoms. The third-order valence-corrected chi connectivity index (χ3v) is 1.34. The van der Waals surface area contributed by atoms with Gasteiger partial charge in [-0.1, -0.05) is 24.2 Å². The van der Waals surface area contributed by atoms with Crippen LogP contribution in [0.4, 0.5) is 0 Å². The number of azide groups is 1. The van der Waals surface area contributed by atoms with Crippen LogP contribution < -0.4 is 0 Å². The first-order valence-electron chi connectivity index (χ1n) is 4.07. The quantitative estimate of drug-likeness (QED) is 0.184. The fraction of sp³-hybridized carbons (Fsp3) is 0.750. The second-order valence-corrected chi connectivity index (χ2v) is 2.33. The fourth-order valence-electron chi connectivity index (χ4n) is 0.774. The van der Waals surface area contributed by atoms with Crippen molar-refractivity contribution in [3.63, 3.8) is 0 Å². The van der Waals surface area contributed by atoms with Crippen LogP contribution in [0.15, 0.2) is 17.3 Å². The maximum absolute atomic E-state index is 7.95. The van der Waals surface area contributed by atoms with Gasteiger partial charge in [-0.25, -0.2) is 0 Å². The Bertz CT molecular complexity index is 145. The number of hydrogen-bond acceptors (Lipinski definition) is 1. The molecule has 0 radical (unpaired) electrons. The smallest absolute Gasteiger partial charge is 0.0258 e. The van der Waals surface area contributed by atoms with Crippen LogP contribution in [0.1, 0.15) is 32.6 Å². The minimum absolute atomic E-state index is 0.635. The van der Waals surface area contributed by atoms with E-state index >= 15 is 0 Å². The molecule has 0 aromatic carbocycles. The van der Waals surface area contributed by atoms with Crippen molar-refractivity contribution in [1.29, 1.82) is 0 Å². The van der Waals surface area contributed by atoms with Crippen molar-refractivity contribution in [3.8, 4) is 0 Å². The van der Waals surface area contributed by atoms with Crippen LogP contribution in [-0.4, -0.2) is 6.54 Å². The van der Waals surface area contributed by atoms with Crippen LogP contribution in [0.5, 0.6) is 0 Å². The van der Waals surface area contributed by atoms with Gasteiger partial charge < -0.3 is 0 Å². The van der Waals surface area contributed by atoms with E-state index in [2.05, 4.69) is 29.1 Å². The number of unbranched alkanes of at least 4 members (excludes halogenated alkanes) is 2. The van der Waals surface area contributed by atoms with Crippen LogP contribution in [0.2, 0.25) is 0 Å². The molecule has 3 nitrogen and oxygen atoms in total. The van der Waals surface area contributed by atoms with Gasteiger partial charge in [-0.05, 0) is 31.2 Å². The molecule has 0 rings (SSSR count). The molecule has 0 aromatic heterocycles. The SMILES string of the molecule is CC/C=C\CCCCN=[N+]=[N-]. The highest BCUT2D eigenvalue weighted by Crippen LogP contribution is 1.97. The summed E-state index contributed by atoms with van der Waals surface area (Å²) in [6.45, 7) is 2.76. The zero-order valence-corrected chi connectivity index (χ0v) is 7.03. The molecule has 0 aromatic rings. The van der Waals surface area contributed by atoms with Gasteiger partial charge in [0.25, 0.3) is 0 Å². The van der Waals surface area contributed by atoms with Crippen LogP contribution in [-0.2, 0) is 0 Å². The zero-order valence-electron chi connectivity index (χ0n) is 7.03. The van der Waals surface area contributed by atoms with E-state index in [1.807, 2.05) is 0 Å². The highest BCUT2D eigenvalue weighted by Gasteiger charge is 1.82. The summed E-state index contributed by atoms with van der Waals surface area (Å²) in [6, 6.07) is 0. The predicted molar refractivity (Wildman–Crippen MR) is 47.3 cm³/mol. The average Bonchev–Trinajstić information content (AvgIpc) is 2.03. The number of rotatable bonds is 6. The van der Waals surface area contributed by atoms with E-state index in [4.69, 9.17) is 5.53 Å². The average molecular weight is 153 g/mol. The first-order valence-corrected chi connectivity index (χ1v) is 4.07. The van der Waals surface area contributed by atoms with Crippen molar-refractivity contribution in [3.05, 3.63) is 22.6 Å². The van der Waals surface area contributed by atoms with Gasteiger partial charge in [-0.3, -0.25) is 0 Å². The Hall–Kier alpha value is -0.950. The van der Waals surface area contributed by atoms with Gasteiger partial charge >= 0.3 is 0 Å². The lowest BCUT2D eigenvalue weighted by atomic mass is 10.2. The van der Waals surface area contributed by atoms with E-state index in [1.165, 1.54) is 0 Å². The highest BCUT2D eigenvalue weighted by molar-refractivity contribution is 4.79. The summed E-state index contributed by atoms with van der Waals surface area (Å²) < 4.78 is 0. The van der Waals surface area contributed by atoms with Crippen LogP contribution in [0.3, 0.4) is 0 Å². The molecule has 0 saturated heterocycles. The third kappa shape index (κ3) is 9.05. The molecular formula is C8H15N3. The van der Waals surface area contributed by atoms with Gasteiger partial charge in [0.05, 0.1) is 0 Å². The van der Waals surface area contributed by atoms with Gasteiger partial charge in [0.1, 0.15) is 0 Å². The minimum atomic E-state index is 0.635. The van der Waals surface area contributed by atoms with Gasteiger partial charge in [0.15, 0.2) is 0 Å².